The minimum absolute atomic E-state index is 0.645. The van der Waals surface area contributed by atoms with Crippen LogP contribution < -0.4 is 0 Å². The zero-order chi connectivity index (χ0) is 19.8. The standard InChI is InChI=1S/C27H20ClN/c1-18-10-15-24-23-9-5-8-22(19-11-13-21(28)14-12-19)26(23)17-29-27(25(24)16-18)20-6-3-2-4-7-20/h2-16H,17H2,1H3. The van der Waals surface area contributed by atoms with Crippen LogP contribution in [0, 0.1) is 6.92 Å². The van der Waals surface area contributed by atoms with E-state index >= 15 is 0 Å². The Morgan fingerprint density at radius 1 is 0.655 bits per heavy atom. The Hall–Kier alpha value is -3.16. The van der Waals surface area contributed by atoms with Gasteiger partial charge in [0.25, 0.3) is 0 Å². The second-order valence-corrected chi connectivity index (χ2v) is 7.85. The highest BCUT2D eigenvalue weighted by atomic mass is 35.5. The molecule has 0 bridgehead atoms. The monoisotopic (exact) mass is 393 g/mol. The summed E-state index contributed by atoms with van der Waals surface area (Å²) in [5, 5.41) is 0.751. The number of benzene rings is 4. The molecule has 1 heterocycles. The van der Waals surface area contributed by atoms with Crippen LogP contribution in [-0.4, -0.2) is 5.71 Å². The van der Waals surface area contributed by atoms with Crippen molar-refractivity contribution in [2.24, 2.45) is 4.99 Å². The molecule has 0 saturated heterocycles. The van der Waals surface area contributed by atoms with E-state index in [2.05, 4.69) is 79.7 Å². The quantitative estimate of drug-likeness (QED) is 0.338. The minimum atomic E-state index is 0.645. The van der Waals surface area contributed by atoms with Crippen molar-refractivity contribution in [2.45, 2.75) is 13.5 Å². The molecule has 0 aromatic heterocycles. The van der Waals surface area contributed by atoms with Gasteiger partial charge in [-0.05, 0) is 52.9 Å². The first-order valence-corrected chi connectivity index (χ1v) is 10.2. The molecule has 0 aliphatic carbocycles. The van der Waals surface area contributed by atoms with Crippen molar-refractivity contribution in [3.8, 4) is 22.3 Å². The Bertz CT molecular complexity index is 1220. The second-order valence-electron chi connectivity index (χ2n) is 7.42. The van der Waals surface area contributed by atoms with Crippen LogP contribution in [0.15, 0.2) is 96.0 Å². The van der Waals surface area contributed by atoms with Gasteiger partial charge in [-0.2, -0.15) is 0 Å². The Morgan fingerprint density at radius 2 is 1.41 bits per heavy atom. The predicted octanol–water partition coefficient (Wildman–Crippen LogP) is 7.33. The third-order valence-electron chi connectivity index (χ3n) is 5.49. The van der Waals surface area contributed by atoms with Gasteiger partial charge in [0.2, 0.25) is 0 Å². The van der Waals surface area contributed by atoms with Crippen LogP contribution in [0.1, 0.15) is 22.3 Å². The van der Waals surface area contributed by atoms with Crippen LogP contribution in [0.25, 0.3) is 22.3 Å². The molecule has 2 heteroatoms. The first-order valence-electron chi connectivity index (χ1n) is 9.80. The van der Waals surface area contributed by atoms with Gasteiger partial charge in [0.1, 0.15) is 0 Å². The van der Waals surface area contributed by atoms with Crippen molar-refractivity contribution >= 4 is 17.3 Å². The third kappa shape index (κ3) is 3.28. The van der Waals surface area contributed by atoms with E-state index in [9.17, 15) is 0 Å². The summed E-state index contributed by atoms with van der Waals surface area (Å²) in [6.07, 6.45) is 0. The molecular weight excluding hydrogens is 374 g/mol. The fourth-order valence-electron chi connectivity index (χ4n) is 4.08. The summed E-state index contributed by atoms with van der Waals surface area (Å²) in [4.78, 5) is 5.11. The van der Waals surface area contributed by atoms with E-state index in [0.29, 0.717) is 6.54 Å². The van der Waals surface area contributed by atoms with Crippen molar-refractivity contribution in [3.63, 3.8) is 0 Å². The number of rotatable bonds is 2. The van der Waals surface area contributed by atoms with Crippen molar-refractivity contribution in [1.29, 1.82) is 0 Å². The maximum Gasteiger partial charge on any atom is 0.0729 e. The second kappa shape index (κ2) is 7.35. The summed E-state index contributed by atoms with van der Waals surface area (Å²) in [5.74, 6) is 0. The lowest BCUT2D eigenvalue weighted by atomic mass is 9.88. The molecular formula is C27H20ClN. The lowest BCUT2D eigenvalue weighted by Crippen LogP contribution is -2.04. The molecule has 0 N–H and O–H groups in total. The Balaban J connectivity index is 1.76. The molecule has 29 heavy (non-hydrogen) atoms. The average Bonchev–Trinajstić information content (AvgIpc) is 2.91. The van der Waals surface area contributed by atoms with E-state index in [1.807, 2.05) is 18.2 Å². The molecule has 0 amide bonds. The van der Waals surface area contributed by atoms with Crippen LogP contribution in [0.2, 0.25) is 5.02 Å². The maximum atomic E-state index is 6.12. The lowest BCUT2D eigenvalue weighted by Gasteiger charge is -2.15. The van der Waals surface area contributed by atoms with Gasteiger partial charge in [-0.25, -0.2) is 0 Å². The predicted molar refractivity (Wildman–Crippen MR) is 123 cm³/mol. The van der Waals surface area contributed by atoms with Crippen LogP contribution in [0.3, 0.4) is 0 Å². The Labute approximate surface area is 176 Å². The van der Waals surface area contributed by atoms with Gasteiger partial charge in [0.15, 0.2) is 0 Å². The number of halogens is 1. The van der Waals surface area contributed by atoms with E-state index in [1.54, 1.807) is 0 Å². The summed E-state index contributed by atoms with van der Waals surface area (Å²) in [6, 6.07) is 31.7. The molecule has 5 rings (SSSR count). The van der Waals surface area contributed by atoms with Gasteiger partial charge in [-0.1, -0.05) is 90.0 Å². The van der Waals surface area contributed by atoms with Crippen molar-refractivity contribution in [2.75, 3.05) is 0 Å². The van der Waals surface area contributed by atoms with Crippen LogP contribution in [0.5, 0.6) is 0 Å². The summed E-state index contributed by atoms with van der Waals surface area (Å²) in [6.45, 7) is 2.78. The van der Waals surface area contributed by atoms with Crippen molar-refractivity contribution in [1.82, 2.24) is 0 Å². The lowest BCUT2D eigenvalue weighted by molar-refractivity contribution is 1.08. The molecule has 0 fully saturated rings. The number of aliphatic imine (C=N–C) groups is 1. The molecule has 0 atom stereocenters. The zero-order valence-corrected chi connectivity index (χ0v) is 16.9. The molecule has 4 aromatic carbocycles. The van der Waals surface area contributed by atoms with E-state index in [4.69, 9.17) is 16.6 Å². The highest BCUT2D eigenvalue weighted by Gasteiger charge is 2.21. The molecule has 1 nitrogen and oxygen atoms in total. The van der Waals surface area contributed by atoms with Gasteiger partial charge in [0.05, 0.1) is 12.3 Å². The molecule has 1 aliphatic rings. The molecule has 0 unspecified atom stereocenters. The van der Waals surface area contributed by atoms with Gasteiger partial charge >= 0.3 is 0 Å². The Kier molecular flexibility index (Phi) is 4.54. The van der Waals surface area contributed by atoms with Gasteiger partial charge < -0.3 is 0 Å². The number of fused-ring (bicyclic) bond motifs is 3. The summed E-state index contributed by atoms with van der Waals surface area (Å²) in [7, 11) is 0. The molecule has 0 saturated carbocycles. The minimum Gasteiger partial charge on any atom is -0.279 e. The third-order valence-corrected chi connectivity index (χ3v) is 5.75. The van der Waals surface area contributed by atoms with Crippen molar-refractivity contribution in [3.05, 3.63) is 118 Å². The van der Waals surface area contributed by atoms with Crippen LogP contribution in [-0.2, 0) is 6.54 Å². The molecule has 140 valence electrons. The number of nitrogens with zero attached hydrogens (tertiary/aromatic N) is 1. The van der Waals surface area contributed by atoms with Gasteiger partial charge in [0, 0.05) is 16.1 Å². The topological polar surface area (TPSA) is 12.4 Å². The molecule has 1 aliphatic heterocycles. The fraction of sp³-hybridized carbons (Fsp3) is 0.0741. The summed E-state index contributed by atoms with van der Waals surface area (Å²) < 4.78 is 0. The SMILES string of the molecule is Cc1ccc2c(c1)C(c1ccccc1)=NCc1c(-c3ccc(Cl)cc3)cccc1-2. The maximum absolute atomic E-state index is 6.12. The number of hydrogen-bond acceptors (Lipinski definition) is 1. The van der Waals surface area contributed by atoms with Crippen molar-refractivity contribution < 1.29 is 0 Å². The fourth-order valence-corrected chi connectivity index (χ4v) is 4.21. The smallest absolute Gasteiger partial charge is 0.0729 e. The number of aryl methyl sites for hydroxylation is 1. The average molecular weight is 394 g/mol. The normalized spacial score (nSPS) is 12.6. The van der Waals surface area contributed by atoms with E-state index in [-0.39, 0.29) is 0 Å². The molecule has 0 spiro atoms. The van der Waals surface area contributed by atoms with E-state index in [1.165, 1.54) is 38.9 Å². The molecule has 4 aromatic rings. The summed E-state index contributed by atoms with van der Waals surface area (Å²) in [5.41, 5.74) is 10.8. The first kappa shape index (κ1) is 17.9. The first-order chi connectivity index (χ1) is 14.2. The Morgan fingerprint density at radius 3 is 2.21 bits per heavy atom. The van der Waals surface area contributed by atoms with E-state index < -0.39 is 0 Å². The highest BCUT2D eigenvalue weighted by molar-refractivity contribution is 6.30. The van der Waals surface area contributed by atoms with E-state index in [0.717, 1.165) is 16.3 Å². The van der Waals surface area contributed by atoms with Crippen LogP contribution >= 0.6 is 11.6 Å². The zero-order valence-electron chi connectivity index (χ0n) is 16.2. The largest absolute Gasteiger partial charge is 0.279 e. The summed E-state index contributed by atoms with van der Waals surface area (Å²) >= 11 is 6.12. The highest BCUT2D eigenvalue weighted by Crippen LogP contribution is 2.38. The molecule has 0 radical (unpaired) electrons. The van der Waals surface area contributed by atoms with Gasteiger partial charge in [-0.15, -0.1) is 0 Å². The van der Waals surface area contributed by atoms with Gasteiger partial charge in [-0.3, -0.25) is 4.99 Å². The van der Waals surface area contributed by atoms with Crippen LogP contribution in [0.4, 0.5) is 0 Å². The number of hydrogen-bond donors (Lipinski definition) is 0.